The molecule has 0 aromatic carbocycles. The van der Waals surface area contributed by atoms with Crippen LogP contribution in [0.4, 0.5) is 0 Å². The normalized spacial score (nSPS) is 14.9. The predicted molar refractivity (Wildman–Crippen MR) is 73.7 cm³/mol. The predicted octanol–water partition coefficient (Wildman–Crippen LogP) is 2.95. The molecule has 0 radical (unpaired) electrons. The van der Waals surface area contributed by atoms with Crippen molar-refractivity contribution in [3.8, 4) is 0 Å². The van der Waals surface area contributed by atoms with E-state index in [1.54, 1.807) is 7.11 Å². The van der Waals surface area contributed by atoms with Crippen molar-refractivity contribution < 1.29 is 4.74 Å². The number of aromatic nitrogens is 1. The maximum absolute atomic E-state index is 5.25. The summed E-state index contributed by atoms with van der Waals surface area (Å²) >= 11 is 1.81. The van der Waals surface area contributed by atoms with Crippen molar-refractivity contribution in [3.63, 3.8) is 0 Å². The molecule has 0 bridgehead atoms. The highest BCUT2D eigenvalue weighted by atomic mass is 32.1. The monoisotopic (exact) mass is 256 g/mol. The molecule has 1 rings (SSSR count). The second-order valence-corrected chi connectivity index (χ2v) is 5.61. The molecule has 1 heterocycles. The topological polar surface area (TPSA) is 34.2 Å². The van der Waals surface area contributed by atoms with Crippen LogP contribution >= 0.6 is 11.3 Å². The second-order valence-electron chi connectivity index (χ2n) is 4.38. The molecule has 1 aromatic heterocycles. The van der Waals surface area contributed by atoms with E-state index in [1.807, 2.05) is 11.3 Å². The Morgan fingerprint density at radius 2 is 2.12 bits per heavy atom. The van der Waals surface area contributed by atoms with Crippen molar-refractivity contribution in [3.05, 3.63) is 15.6 Å². The number of hydrogen-bond acceptors (Lipinski definition) is 4. The molecule has 17 heavy (non-hydrogen) atoms. The van der Waals surface area contributed by atoms with Gasteiger partial charge in [0, 0.05) is 17.9 Å². The molecule has 4 heteroatoms. The standard InChI is InChI=1S/C13H24N2OS/c1-6-11-10(4)17-13(15-11)12(14-7-2)9(3)8-16-5/h9,12,14H,6-8H2,1-5H3. The summed E-state index contributed by atoms with van der Waals surface area (Å²) in [5.41, 5.74) is 1.23. The summed E-state index contributed by atoms with van der Waals surface area (Å²) in [6.45, 7) is 10.4. The zero-order valence-corrected chi connectivity index (χ0v) is 12.4. The van der Waals surface area contributed by atoms with Gasteiger partial charge in [-0.3, -0.25) is 0 Å². The van der Waals surface area contributed by atoms with E-state index in [9.17, 15) is 0 Å². The van der Waals surface area contributed by atoms with Crippen LogP contribution < -0.4 is 5.32 Å². The Hall–Kier alpha value is -0.450. The summed E-state index contributed by atoms with van der Waals surface area (Å²) in [4.78, 5) is 6.09. The first-order chi connectivity index (χ1) is 8.13. The Morgan fingerprint density at radius 3 is 2.59 bits per heavy atom. The Bertz CT molecular complexity index is 338. The van der Waals surface area contributed by atoms with E-state index < -0.39 is 0 Å². The molecule has 2 atom stereocenters. The van der Waals surface area contributed by atoms with Gasteiger partial charge < -0.3 is 10.1 Å². The highest BCUT2D eigenvalue weighted by Crippen LogP contribution is 2.28. The third-order valence-corrected chi connectivity index (χ3v) is 4.03. The number of ether oxygens (including phenoxy) is 1. The Morgan fingerprint density at radius 1 is 1.41 bits per heavy atom. The van der Waals surface area contributed by atoms with Gasteiger partial charge in [0.25, 0.3) is 0 Å². The number of nitrogens with zero attached hydrogens (tertiary/aromatic N) is 1. The molecule has 98 valence electrons. The maximum atomic E-state index is 5.25. The Labute approximate surface area is 109 Å². The SMILES string of the molecule is CCNC(c1nc(CC)c(C)s1)C(C)COC. The van der Waals surface area contributed by atoms with Crippen LogP contribution in [0.1, 0.15) is 42.4 Å². The molecule has 0 saturated carbocycles. The number of rotatable bonds is 7. The minimum Gasteiger partial charge on any atom is -0.384 e. The molecule has 0 spiro atoms. The van der Waals surface area contributed by atoms with Gasteiger partial charge in [0.2, 0.25) is 0 Å². The average Bonchev–Trinajstić information content (AvgIpc) is 2.67. The van der Waals surface area contributed by atoms with Crippen molar-refractivity contribution >= 4 is 11.3 Å². The molecule has 0 aliphatic carbocycles. The van der Waals surface area contributed by atoms with Crippen LogP contribution in [0, 0.1) is 12.8 Å². The number of thiazole rings is 1. The fraction of sp³-hybridized carbons (Fsp3) is 0.769. The van der Waals surface area contributed by atoms with Crippen LogP contribution in [0.3, 0.4) is 0 Å². The summed E-state index contributed by atoms with van der Waals surface area (Å²) in [6, 6.07) is 0.309. The molecular formula is C13H24N2OS. The average molecular weight is 256 g/mol. The van der Waals surface area contributed by atoms with Crippen LogP contribution in [0.25, 0.3) is 0 Å². The molecule has 0 amide bonds. The molecule has 3 nitrogen and oxygen atoms in total. The molecule has 1 N–H and O–H groups in total. The summed E-state index contributed by atoms with van der Waals surface area (Å²) in [5.74, 6) is 0.440. The Kier molecular flexibility index (Phi) is 6.09. The van der Waals surface area contributed by atoms with Crippen LogP contribution in [0.15, 0.2) is 0 Å². The minimum atomic E-state index is 0.309. The van der Waals surface area contributed by atoms with E-state index in [-0.39, 0.29) is 0 Å². The number of methoxy groups -OCH3 is 1. The van der Waals surface area contributed by atoms with Gasteiger partial charge in [0.15, 0.2) is 0 Å². The molecule has 0 aliphatic rings. The van der Waals surface area contributed by atoms with Gasteiger partial charge in [-0.25, -0.2) is 4.98 Å². The van der Waals surface area contributed by atoms with Gasteiger partial charge in [0.05, 0.1) is 18.3 Å². The molecule has 2 unspecified atom stereocenters. The van der Waals surface area contributed by atoms with Crippen LogP contribution in [0.5, 0.6) is 0 Å². The van der Waals surface area contributed by atoms with Crippen molar-refractivity contribution in [1.29, 1.82) is 0 Å². The number of nitrogens with one attached hydrogen (secondary N) is 1. The lowest BCUT2D eigenvalue weighted by Gasteiger charge is -2.22. The van der Waals surface area contributed by atoms with Gasteiger partial charge in [-0.2, -0.15) is 0 Å². The highest BCUT2D eigenvalue weighted by molar-refractivity contribution is 7.11. The fourth-order valence-corrected chi connectivity index (χ4v) is 3.24. The lowest BCUT2D eigenvalue weighted by atomic mass is 10.0. The first-order valence-electron chi connectivity index (χ1n) is 6.32. The van der Waals surface area contributed by atoms with Crippen molar-refractivity contribution in [1.82, 2.24) is 10.3 Å². The van der Waals surface area contributed by atoms with Gasteiger partial charge in [-0.1, -0.05) is 20.8 Å². The smallest absolute Gasteiger partial charge is 0.110 e. The third-order valence-electron chi connectivity index (χ3n) is 2.93. The molecular weight excluding hydrogens is 232 g/mol. The molecule has 0 aliphatic heterocycles. The van der Waals surface area contributed by atoms with E-state index in [1.165, 1.54) is 15.6 Å². The molecule has 0 saturated heterocycles. The number of aryl methyl sites for hydroxylation is 2. The first-order valence-corrected chi connectivity index (χ1v) is 7.14. The van der Waals surface area contributed by atoms with Crippen molar-refractivity contribution in [2.24, 2.45) is 5.92 Å². The van der Waals surface area contributed by atoms with E-state index in [4.69, 9.17) is 9.72 Å². The second kappa shape index (κ2) is 7.09. The fourth-order valence-electron chi connectivity index (χ4n) is 2.02. The Balaban J connectivity index is 2.88. The van der Waals surface area contributed by atoms with Crippen LogP contribution in [-0.4, -0.2) is 25.2 Å². The van der Waals surface area contributed by atoms with Crippen molar-refractivity contribution in [2.75, 3.05) is 20.3 Å². The summed E-state index contributed by atoms with van der Waals surface area (Å²) < 4.78 is 5.25. The van der Waals surface area contributed by atoms with Gasteiger partial charge in [-0.05, 0) is 19.9 Å². The molecule has 1 aromatic rings. The van der Waals surface area contributed by atoms with E-state index in [0.717, 1.165) is 19.6 Å². The minimum absolute atomic E-state index is 0.309. The lowest BCUT2D eigenvalue weighted by Crippen LogP contribution is -2.29. The quantitative estimate of drug-likeness (QED) is 0.814. The highest BCUT2D eigenvalue weighted by Gasteiger charge is 2.22. The van der Waals surface area contributed by atoms with Gasteiger partial charge in [-0.15, -0.1) is 11.3 Å². The van der Waals surface area contributed by atoms with Crippen molar-refractivity contribution in [2.45, 2.75) is 40.2 Å². The van der Waals surface area contributed by atoms with E-state index in [0.29, 0.717) is 12.0 Å². The van der Waals surface area contributed by atoms with Gasteiger partial charge >= 0.3 is 0 Å². The van der Waals surface area contributed by atoms with Gasteiger partial charge in [0.1, 0.15) is 5.01 Å². The largest absolute Gasteiger partial charge is 0.384 e. The summed E-state index contributed by atoms with van der Waals surface area (Å²) in [6.07, 6.45) is 1.01. The zero-order valence-electron chi connectivity index (χ0n) is 11.5. The van der Waals surface area contributed by atoms with Crippen LogP contribution in [-0.2, 0) is 11.2 Å². The third kappa shape index (κ3) is 3.76. The molecule has 0 fully saturated rings. The zero-order chi connectivity index (χ0) is 12.8. The van der Waals surface area contributed by atoms with Crippen LogP contribution in [0.2, 0.25) is 0 Å². The van der Waals surface area contributed by atoms with E-state index in [2.05, 4.69) is 33.0 Å². The summed E-state index contributed by atoms with van der Waals surface area (Å²) in [7, 11) is 1.75. The van der Waals surface area contributed by atoms with E-state index >= 15 is 0 Å². The number of hydrogen-bond donors (Lipinski definition) is 1. The summed E-state index contributed by atoms with van der Waals surface area (Å²) in [5, 5.41) is 4.72. The first kappa shape index (κ1) is 14.6. The lowest BCUT2D eigenvalue weighted by molar-refractivity contribution is 0.139. The maximum Gasteiger partial charge on any atom is 0.110 e.